The van der Waals surface area contributed by atoms with E-state index in [-0.39, 0.29) is 18.8 Å². The molecule has 10 heavy (non-hydrogen) atoms. The van der Waals surface area contributed by atoms with Crippen LogP contribution >= 0.6 is 0 Å². The van der Waals surface area contributed by atoms with E-state index in [4.69, 9.17) is 9.84 Å². The first-order valence-electron chi connectivity index (χ1n) is 3.30. The molecule has 0 aromatic heterocycles. The molecular formula is C6H11NO3. The van der Waals surface area contributed by atoms with Gasteiger partial charge in [0.1, 0.15) is 6.10 Å². The molecule has 4 nitrogen and oxygen atoms in total. The van der Waals surface area contributed by atoms with E-state index in [1.54, 1.807) is 6.92 Å². The van der Waals surface area contributed by atoms with Crippen LogP contribution in [0.25, 0.3) is 0 Å². The van der Waals surface area contributed by atoms with Gasteiger partial charge in [0, 0.05) is 6.42 Å². The van der Waals surface area contributed by atoms with Gasteiger partial charge in [0.15, 0.2) is 0 Å². The number of aliphatic hydroxyl groups excluding tert-OH is 1. The molecule has 1 aliphatic rings. The number of cyclic esters (lactones) is 1. The minimum Gasteiger partial charge on any atom is -0.446 e. The lowest BCUT2D eigenvalue weighted by molar-refractivity contribution is 0.0565. The third-order valence-corrected chi connectivity index (χ3v) is 1.47. The summed E-state index contributed by atoms with van der Waals surface area (Å²) in [6.07, 6.45) is 0.172. The maximum atomic E-state index is 10.6. The number of hydrogen-bond acceptors (Lipinski definition) is 3. The first kappa shape index (κ1) is 7.34. The van der Waals surface area contributed by atoms with Crippen LogP contribution in [0.2, 0.25) is 0 Å². The molecular weight excluding hydrogens is 134 g/mol. The van der Waals surface area contributed by atoms with Crippen molar-refractivity contribution in [3.63, 3.8) is 0 Å². The Hall–Kier alpha value is -0.770. The minimum atomic E-state index is -0.433. The van der Waals surface area contributed by atoms with Crippen molar-refractivity contribution >= 4 is 6.09 Å². The van der Waals surface area contributed by atoms with E-state index in [0.717, 1.165) is 0 Å². The van der Waals surface area contributed by atoms with E-state index in [2.05, 4.69) is 5.32 Å². The van der Waals surface area contributed by atoms with Crippen LogP contribution in [0.1, 0.15) is 13.3 Å². The molecule has 0 spiro atoms. The van der Waals surface area contributed by atoms with Crippen molar-refractivity contribution in [1.29, 1.82) is 0 Å². The number of nitrogens with one attached hydrogen (secondary N) is 1. The van der Waals surface area contributed by atoms with E-state index in [1.165, 1.54) is 0 Å². The summed E-state index contributed by atoms with van der Waals surface area (Å²) in [5.74, 6) is 0. The number of carbonyl (C=O) groups excluding carboxylic acids is 1. The third kappa shape index (κ3) is 1.60. The molecule has 1 saturated heterocycles. The Kier molecular flexibility index (Phi) is 2.11. The summed E-state index contributed by atoms with van der Waals surface area (Å²) >= 11 is 0. The highest BCUT2D eigenvalue weighted by atomic mass is 16.6. The summed E-state index contributed by atoms with van der Waals surface area (Å²) in [6.45, 7) is 1.79. The van der Waals surface area contributed by atoms with E-state index >= 15 is 0 Å². The first-order chi connectivity index (χ1) is 4.72. The van der Waals surface area contributed by atoms with E-state index in [1.807, 2.05) is 0 Å². The fourth-order valence-electron chi connectivity index (χ4n) is 1.01. The van der Waals surface area contributed by atoms with Crippen molar-refractivity contribution in [3.05, 3.63) is 0 Å². The van der Waals surface area contributed by atoms with Crippen molar-refractivity contribution in [1.82, 2.24) is 5.32 Å². The quantitative estimate of drug-likeness (QED) is 0.540. The van der Waals surface area contributed by atoms with Crippen LogP contribution in [-0.2, 0) is 4.74 Å². The van der Waals surface area contributed by atoms with Gasteiger partial charge in [-0.25, -0.2) is 4.79 Å². The molecule has 1 amide bonds. The molecule has 2 atom stereocenters. The molecule has 2 N–H and O–H groups in total. The zero-order chi connectivity index (χ0) is 7.56. The summed E-state index contributed by atoms with van der Waals surface area (Å²) < 4.78 is 4.76. The smallest absolute Gasteiger partial charge is 0.407 e. The molecule has 0 aliphatic carbocycles. The van der Waals surface area contributed by atoms with Gasteiger partial charge in [0.2, 0.25) is 0 Å². The second-order valence-corrected chi connectivity index (χ2v) is 2.48. The van der Waals surface area contributed by atoms with Gasteiger partial charge in [0.25, 0.3) is 0 Å². The van der Waals surface area contributed by atoms with Crippen LogP contribution in [0.15, 0.2) is 0 Å². The van der Waals surface area contributed by atoms with E-state index in [0.29, 0.717) is 6.42 Å². The topological polar surface area (TPSA) is 58.6 Å². The van der Waals surface area contributed by atoms with Crippen molar-refractivity contribution in [2.45, 2.75) is 25.5 Å². The second-order valence-electron chi connectivity index (χ2n) is 2.48. The Balaban J connectivity index is 2.42. The molecule has 0 unspecified atom stereocenters. The molecule has 0 saturated carbocycles. The Morgan fingerprint density at radius 1 is 1.90 bits per heavy atom. The molecule has 0 bridgehead atoms. The van der Waals surface area contributed by atoms with Gasteiger partial charge in [-0.2, -0.15) is 0 Å². The number of hydrogen-bond donors (Lipinski definition) is 2. The molecule has 4 heteroatoms. The Bertz CT molecular complexity index is 137. The molecule has 0 radical (unpaired) electrons. The van der Waals surface area contributed by atoms with Gasteiger partial charge in [-0.05, 0) is 6.92 Å². The first-order valence-corrected chi connectivity index (χ1v) is 3.30. The van der Waals surface area contributed by atoms with Crippen molar-refractivity contribution in [3.8, 4) is 0 Å². The lowest BCUT2D eigenvalue weighted by Crippen LogP contribution is -2.46. The number of aliphatic hydroxyl groups is 1. The fourth-order valence-corrected chi connectivity index (χ4v) is 1.01. The minimum absolute atomic E-state index is 0.0144. The number of ether oxygens (including phenoxy) is 1. The number of carbonyl (C=O) groups is 1. The molecule has 1 aliphatic heterocycles. The van der Waals surface area contributed by atoms with Gasteiger partial charge in [-0.3, -0.25) is 0 Å². The van der Waals surface area contributed by atoms with Gasteiger partial charge >= 0.3 is 6.09 Å². The van der Waals surface area contributed by atoms with Crippen LogP contribution in [0.5, 0.6) is 0 Å². The predicted molar refractivity (Wildman–Crippen MR) is 34.6 cm³/mol. The summed E-state index contributed by atoms with van der Waals surface area (Å²) in [5.41, 5.74) is 0. The summed E-state index contributed by atoms with van der Waals surface area (Å²) in [7, 11) is 0. The standard InChI is InChI=1S/C6H11NO3/c1-4-2-5(3-8)7-6(9)10-4/h4-5,8H,2-3H2,1H3,(H,7,9)/t4-,5+/m0/s1. The lowest BCUT2D eigenvalue weighted by atomic mass is 10.1. The van der Waals surface area contributed by atoms with Crippen LogP contribution in [0, 0.1) is 0 Å². The van der Waals surface area contributed by atoms with Crippen LogP contribution in [0.3, 0.4) is 0 Å². The van der Waals surface area contributed by atoms with Crippen molar-refractivity contribution in [2.24, 2.45) is 0 Å². The van der Waals surface area contributed by atoms with Gasteiger partial charge in [0.05, 0.1) is 12.6 Å². The van der Waals surface area contributed by atoms with Crippen molar-refractivity contribution in [2.75, 3.05) is 6.61 Å². The third-order valence-electron chi connectivity index (χ3n) is 1.47. The zero-order valence-corrected chi connectivity index (χ0v) is 5.83. The lowest BCUT2D eigenvalue weighted by Gasteiger charge is -2.26. The normalized spacial score (nSPS) is 32.8. The Morgan fingerprint density at radius 3 is 3.10 bits per heavy atom. The highest BCUT2D eigenvalue weighted by Crippen LogP contribution is 2.07. The molecule has 1 rings (SSSR count). The number of alkyl carbamates (subject to hydrolysis) is 1. The zero-order valence-electron chi connectivity index (χ0n) is 5.83. The maximum absolute atomic E-state index is 10.6. The summed E-state index contributed by atoms with van der Waals surface area (Å²) in [4.78, 5) is 10.6. The molecule has 1 heterocycles. The monoisotopic (exact) mass is 145 g/mol. The summed E-state index contributed by atoms with van der Waals surface area (Å²) in [6, 6.07) is -0.128. The number of rotatable bonds is 1. The molecule has 0 aromatic rings. The predicted octanol–water partition coefficient (Wildman–Crippen LogP) is -0.134. The number of amides is 1. The van der Waals surface area contributed by atoms with Gasteiger partial charge in [-0.1, -0.05) is 0 Å². The fraction of sp³-hybridized carbons (Fsp3) is 0.833. The summed E-state index contributed by atoms with van der Waals surface area (Å²) in [5, 5.41) is 11.1. The van der Waals surface area contributed by atoms with Crippen LogP contribution in [0.4, 0.5) is 4.79 Å². The SMILES string of the molecule is C[C@H]1C[C@H](CO)NC(=O)O1. The molecule has 1 fully saturated rings. The average Bonchev–Trinajstić information content (AvgIpc) is 1.85. The Morgan fingerprint density at radius 2 is 2.60 bits per heavy atom. The largest absolute Gasteiger partial charge is 0.446 e. The van der Waals surface area contributed by atoms with E-state index < -0.39 is 6.09 Å². The molecule has 58 valence electrons. The highest BCUT2D eigenvalue weighted by Gasteiger charge is 2.23. The van der Waals surface area contributed by atoms with Gasteiger partial charge in [-0.15, -0.1) is 0 Å². The molecule has 0 aromatic carbocycles. The highest BCUT2D eigenvalue weighted by molar-refractivity contribution is 5.68. The van der Waals surface area contributed by atoms with Crippen LogP contribution < -0.4 is 5.32 Å². The van der Waals surface area contributed by atoms with Gasteiger partial charge < -0.3 is 15.2 Å². The maximum Gasteiger partial charge on any atom is 0.407 e. The average molecular weight is 145 g/mol. The van der Waals surface area contributed by atoms with Crippen LogP contribution in [-0.4, -0.2) is 30.0 Å². The van der Waals surface area contributed by atoms with E-state index in [9.17, 15) is 4.79 Å². The Labute approximate surface area is 59.2 Å². The van der Waals surface area contributed by atoms with Crippen molar-refractivity contribution < 1.29 is 14.6 Å². The second kappa shape index (κ2) is 2.88.